The maximum absolute atomic E-state index is 12.7. The summed E-state index contributed by atoms with van der Waals surface area (Å²) < 4.78 is 1.44. The van der Waals surface area contributed by atoms with Crippen molar-refractivity contribution in [3.63, 3.8) is 0 Å². The molecule has 0 bridgehead atoms. The van der Waals surface area contributed by atoms with Crippen LogP contribution in [0.2, 0.25) is 5.02 Å². The summed E-state index contributed by atoms with van der Waals surface area (Å²) in [6.07, 6.45) is 4.92. The lowest BCUT2D eigenvalue weighted by molar-refractivity contribution is 0.0729. The van der Waals surface area contributed by atoms with E-state index in [9.17, 15) is 9.59 Å². The third-order valence-corrected chi connectivity index (χ3v) is 5.70. The smallest absolute Gasteiger partial charge is 0.255 e. The van der Waals surface area contributed by atoms with E-state index in [1.807, 2.05) is 19.2 Å². The minimum Gasteiger partial charge on any atom is -0.341 e. The van der Waals surface area contributed by atoms with E-state index < -0.39 is 0 Å². The van der Waals surface area contributed by atoms with E-state index in [1.165, 1.54) is 16.2 Å². The molecule has 2 heterocycles. The highest BCUT2D eigenvalue weighted by Gasteiger charge is 2.23. The van der Waals surface area contributed by atoms with Crippen LogP contribution in [0.1, 0.15) is 28.8 Å². The first kappa shape index (κ1) is 20.6. The van der Waals surface area contributed by atoms with Crippen molar-refractivity contribution in [1.82, 2.24) is 14.4 Å². The molecule has 0 aliphatic carbocycles. The Bertz CT molecular complexity index is 863. The quantitative estimate of drug-likeness (QED) is 0.747. The molecule has 1 aliphatic heterocycles. The zero-order chi connectivity index (χ0) is 20.1. The van der Waals surface area contributed by atoms with Gasteiger partial charge in [-0.1, -0.05) is 23.7 Å². The standard InChI is InChI=1S/C22H28ClN3O2/c1-24-16-19(7-10-21(24)27)22(28)25(2)14-18-4-3-12-26(15-18)13-11-17-5-8-20(23)9-6-17/h5-10,16,18H,3-4,11-15H2,1-2H3/t18-/m0/s1. The van der Waals surface area contributed by atoms with Crippen LogP contribution < -0.4 is 5.56 Å². The molecule has 1 aliphatic rings. The van der Waals surface area contributed by atoms with Gasteiger partial charge in [-0.25, -0.2) is 0 Å². The number of hydrogen-bond acceptors (Lipinski definition) is 3. The van der Waals surface area contributed by atoms with Crippen LogP contribution in [0.25, 0.3) is 0 Å². The Morgan fingerprint density at radius 1 is 1.21 bits per heavy atom. The molecule has 1 aromatic heterocycles. The number of hydrogen-bond donors (Lipinski definition) is 0. The van der Waals surface area contributed by atoms with Crippen molar-refractivity contribution in [2.24, 2.45) is 13.0 Å². The van der Waals surface area contributed by atoms with Crippen molar-refractivity contribution < 1.29 is 4.79 Å². The summed E-state index contributed by atoms with van der Waals surface area (Å²) in [5, 5.41) is 0.771. The largest absolute Gasteiger partial charge is 0.341 e. The second-order valence-electron chi connectivity index (χ2n) is 7.74. The van der Waals surface area contributed by atoms with Gasteiger partial charge in [0.25, 0.3) is 5.91 Å². The molecule has 0 saturated carbocycles. The first-order valence-corrected chi connectivity index (χ1v) is 10.2. The number of amides is 1. The average molecular weight is 402 g/mol. The summed E-state index contributed by atoms with van der Waals surface area (Å²) in [5.74, 6) is 0.439. The Hall–Kier alpha value is -2.11. The molecule has 1 fully saturated rings. The molecule has 1 atom stereocenters. The zero-order valence-corrected chi connectivity index (χ0v) is 17.4. The molecule has 0 unspecified atom stereocenters. The van der Waals surface area contributed by atoms with Gasteiger partial charge in [0.05, 0.1) is 5.56 Å². The summed E-state index contributed by atoms with van der Waals surface area (Å²) >= 11 is 5.95. The lowest BCUT2D eigenvalue weighted by Gasteiger charge is -2.34. The zero-order valence-electron chi connectivity index (χ0n) is 16.6. The number of piperidine rings is 1. The average Bonchev–Trinajstić information content (AvgIpc) is 2.69. The minimum absolute atomic E-state index is 0.0334. The number of carbonyl (C=O) groups is 1. The lowest BCUT2D eigenvalue weighted by Crippen LogP contribution is -2.42. The Kier molecular flexibility index (Phi) is 6.92. The molecule has 5 nitrogen and oxygen atoms in total. The third-order valence-electron chi connectivity index (χ3n) is 5.44. The number of likely N-dealkylation sites (tertiary alicyclic amines) is 1. The van der Waals surface area contributed by atoms with Crippen LogP contribution >= 0.6 is 11.6 Å². The number of aryl methyl sites for hydroxylation is 1. The van der Waals surface area contributed by atoms with Crippen LogP contribution in [0.15, 0.2) is 47.4 Å². The molecule has 150 valence electrons. The predicted molar refractivity (Wildman–Crippen MR) is 113 cm³/mol. The molecule has 1 amide bonds. The normalized spacial score (nSPS) is 17.5. The summed E-state index contributed by atoms with van der Waals surface area (Å²) in [7, 11) is 3.51. The van der Waals surface area contributed by atoms with Gasteiger partial charge in [-0.05, 0) is 55.5 Å². The van der Waals surface area contributed by atoms with Crippen LogP contribution in [0.3, 0.4) is 0 Å². The van der Waals surface area contributed by atoms with E-state index in [4.69, 9.17) is 11.6 Å². The third kappa shape index (κ3) is 5.46. The van der Waals surface area contributed by atoms with Crippen molar-refractivity contribution in [1.29, 1.82) is 0 Å². The molecule has 2 aromatic rings. The van der Waals surface area contributed by atoms with E-state index in [2.05, 4.69) is 17.0 Å². The number of carbonyl (C=O) groups excluding carboxylic acids is 1. The molecule has 0 spiro atoms. The molecule has 28 heavy (non-hydrogen) atoms. The molecule has 1 saturated heterocycles. The predicted octanol–water partition coefficient (Wildman–Crippen LogP) is 3.07. The monoisotopic (exact) mass is 401 g/mol. The highest BCUT2D eigenvalue weighted by molar-refractivity contribution is 6.30. The van der Waals surface area contributed by atoms with Crippen molar-refractivity contribution in [2.75, 3.05) is 33.2 Å². The second-order valence-corrected chi connectivity index (χ2v) is 8.17. The van der Waals surface area contributed by atoms with E-state index in [0.29, 0.717) is 11.5 Å². The Labute approximate surface area is 171 Å². The number of benzene rings is 1. The summed E-state index contributed by atoms with van der Waals surface area (Å²) in [5.41, 5.74) is 1.75. The summed E-state index contributed by atoms with van der Waals surface area (Å²) in [6.45, 7) is 3.89. The number of rotatable bonds is 6. The molecule has 1 aromatic carbocycles. The number of nitrogens with zero attached hydrogens (tertiary/aromatic N) is 3. The Morgan fingerprint density at radius 3 is 2.68 bits per heavy atom. The van der Waals surface area contributed by atoms with E-state index in [-0.39, 0.29) is 11.5 Å². The fraction of sp³-hybridized carbons (Fsp3) is 0.455. The summed E-state index contributed by atoms with van der Waals surface area (Å²) in [4.78, 5) is 28.5. The fourth-order valence-electron chi connectivity index (χ4n) is 3.85. The number of pyridine rings is 1. The minimum atomic E-state index is -0.109. The lowest BCUT2D eigenvalue weighted by atomic mass is 9.97. The molecular weight excluding hydrogens is 374 g/mol. The van der Waals surface area contributed by atoms with Crippen molar-refractivity contribution in [3.8, 4) is 0 Å². The van der Waals surface area contributed by atoms with Gasteiger partial charge in [-0.15, -0.1) is 0 Å². The molecule has 3 rings (SSSR count). The van der Waals surface area contributed by atoms with Gasteiger partial charge in [-0.2, -0.15) is 0 Å². The van der Waals surface area contributed by atoms with Crippen molar-refractivity contribution >= 4 is 17.5 Å². The molecular formula is C22H28ClN3O2. The van der Waals surface area contributed by atoms with E-state index >= 15 is 0 Å². The number of halogens is 1. The first-order valence-electron chi connectivity index (χ1n) is 9.81. The maximum Gasteiger partial charge on any atom is 0.255 e. The first-order chi connectivity index (χ1) is 13.4. The van der Waals surface area contributed by atoms with Gasteiger partial charge in [0.1, 0.15) is 0 Å². The molecule has 0 N–H and O–H groups in total. The van der Waals surface area contributed by atoms with Gasteiger partial charge < -0.3 is 14.4 Å². The van der Waals surface area contributed by atoms with Gasteiger partial charge in [-0.3, -0.25) is 9.59 Å². The van der Waals surface area contributed by atoms with Gasteiger partial charge in [0, 0.05) is 51.0 Å². The van der Waals surface area contributed by atoms with E-state index in [0.717, 1.165) is 50.5 Å². The summed E-state index contributed by atoms with van der Waals surface area (Å²) in [6, 6.07) is 11.1. The van der Waals surface area contributed by atoms with Crippen LogP contribution in [0.5, 0.6) is 0 Å². The van der Waals surface area contributed by atoms with Gasteiger partial charge in [0.2, 0.25) is 5.56 Å². The van der Waals surface area contributed by atoms with Crippen LogP contribution in [0, 0.1) is 5.92 Å². The molecule has 6 heteroatoms. The second kappa shape index (κ2) is 9.39. The van der Waals surface area contributed by atoms with Crippen LogP contribution in [-0.2, 0) is 13.5 Å². The SMILES string of the molecule is CN(C[C@@H]1CCCN(CCc2ccc(Cl)cc2)C1)C(=O)c1ccc(=O)n(C)c1. The van der Waals surface area contributed by atoms with E-state index in [1.54, 1.807) is 24.2 Å². The van der Waals surface area contributed by atoms with Crippen molar-refractivity contribution in [3.05, 3.63) is 69.1 Å². The highest BCUT2D eigenvalue weighted by Crippen LogP contribution is 2.19. The van der Waals surface area contributed by atoms with Crippen LogP contribution in [0.4, 0.5) is 0 Å². The Balaban J connectivity index is 1.52. The van der Waals surface area contributed by atoms with Crippen LogP contribution in [-0.4, -0.2) is 53.5 Å². The molecule has 0 radical (unpaired) electrons. The van der Waals surface area contributed by atoms with Crippen molar-refractivity contribution in [2.45, 2.75) is 19.3 Å². The Morgan fingerprint density at radius 2 is 1.96 bits per heavy atom. The van der Waals surface area contributed by atoms with Gasteiger partial charge in [0.15, 0.2) is 0 Å². The fourth-order valence-corrected chi connectivity index (χ4v) is 3.98. The highest BCUT2D eigenvalue weighted by atomic mass is 35.5. The number of aromatic nitrogens is 1. The maximum atomic E-state index is 12.7. The topological polar surface area (TPSA) is 45.6 Å². The van der Waals surface area contributed by atoms with Gasteiger partial charge >= 0.3 is 0 Å².